The van der Waals surface area contributed by atoms with Gasteiger partial charge in [-0.25, -0.2) is 4.79 Å². The van der Waals surface area contributed by atoms with Crippen molar-refractivity contribution in [3.05, 3.63) is 65.4 Å². The Hall–Kier alpha value is -2.88. The maximum absolute atomic E-state index is 12.0. The Morgan fingerprint density at radius 1 is 1.24 bits per heavy atom. The Morgan fingerprint density at radius 3 is 2.88 bits per heavy atom. The molecule has 25 heavy (non-hydrogen) atoms. The van der Waals surface area contributed by atoms with E-state index in [1.165, 1.54) is 23.9 Å². The molecule has 0 radical (unpaired) electrons. The summed E-state index contributed by atoms with van der Waals surface area (Å²) in [6, 6.07) is 14.1. The number of aryl methyl sites for hydroxylation is 1. The zero-order valence-electron chi connectivity index (χ0n) is 14.5. The van der Waals surface area contributed by atoms with Crippen molar-refractivity contribution in [1.82, 2.24) is 4.98 Å². The molecule has 0 N–H and O–H groups in total. The number of esters is 1. The predicted molar refractivity (Wildman–Crippen MR) is 99.6 cm³/mol. The van der Waals surface area contributed by atoms with Crippen LogP contribution < -0.4 is 4.90 Å². The maximum Gasteiger partial charge on any atom is 0.337 e. The van der Waals surface area contributed by atoms with Gasteiger partial charge in [0.25, 0.3) is 0 Å². The molecular formula is C21H20N2O2. The molecule has 0 bridgehead atoms. The van der Waals surface area contributed by atoms with E-state index in [4.69, 9.17) is 4.74 Å². The third kappa shape index (κ3) is 2.54. The summed E-state index contributed by atoms with van der Waals surface area (Å²) in [4.78, 5) is 18.9. The van der Waals surface area contributed by atoms with Crippen molar-refractivity contribution in [2.75, 3.05) is 18.6 Å². The van der Waals surface area contributed by atoms with Crippen LogP contribution >= 0.6 is 0 Å². The number of benzene rings is 2. The average Bonchev–Trinajstić information content (AvgIpc) is 3.11. The van der Waals surface area contributed by atoms with E-state index < -0.39 is 0 Å². The van der Waals surface area contributed by atoms with Gasteiger partial charge in [-0.05, 0) is 48.2 Å². The van der Waals surface area contributed by atoms with Crippen LogP contribution in [-0.2, 0) is 17.6 Å². The highest BCUT2D eigenvalue weighted by Crippen LogP contribution is 2.40. The smallest absolute Gasteiger partial charge is 0.337 e. The molecule has 4 nitrogen and oxygen atoms in total. The fourth-order valence-corrected chi connectivity index (χ4v) is 3.62. The van der Waals surface area contributed by atoms with Gasteiger partial charge in [0, 0.05) is 23.8 Å². The van der Waals surface area contributed by atoms with Gasteiger partial charge in [0.15, 0.2) is 0 Å². The van der Waals surface area contributed by atoms with Crippen LogP contribution in [0.5, 0.6) is 0 Å². The van der Waals surface area contributed by atoms with Gasteiger partial charge in [-0.3, -0.25) is 4.98 Å². The number of ether oxygens (including phenoxy) is 1. The number of carbonyl (C=O) groups is 1. The summed E-state index contributed by atoms with van der Waals surface area (Å²) in [7, 11) is 1.41. The van der Waals surface area contributed by atoms with E-state index in [0.717, 1.165) is 36.0 Å². The van der Waals surface area contributed by atoms with E-state index in [2.05, 4.69) is 41.1 Å². The van der Waals surface area contributed by atoms with Crippen LogP contribution in [0.3, 0.4) is 0 Å². The number of hydrogen-bond donors (Lipinski definition) is 0. The molecule has 0 unspecified atom stereocenters. The molecule has 0 aliphatic carbocycles. The van der Waals surface area contributed by atoms with Crippen LogP contribution in [0.25, 0.3) is 10.9 Å². The van der Waals surface area contributed by atoms with Gasteiger partial charge >= 0.3 is 5.97 Å². The van der Waals surface area contributed by atoms with E-state index >= 15 is 0 Å². The van der Waals surface area contributed by atoms with Crippen molar-refractivity contribution in [1.29, 1.82) is 0 Å². The topological polar surface area (TPSA) is 42.4 Å². The molecule has 2 heterocycles. The number of para-hydroxylation sites is 1. The van der Waals surface area contributed by atoms with E-state index in [-0.39, 0.29) is 5.97 Å². The van der Waals surface area contributed by atoms with E-state index in [1.807, 2.05) is 18.3 Å². The largest absolute Gasteiger partial charge is 0.465 e. The Kier molecular flexibility index (Phi) is 3.88. The second kappa shape index (κ2) is 6.20. The highest BCUT2D eigenvalue weighted by Gasteiger charge is 2.25. The third-order valence-corrected chi connectivity index (χ3v) is 4.87. The van der Waals surface area contributed by atoms with Gasteiger partial charge < -0.3 is 9.64 Å². The van der Waals surface area contributed by atoms with Crippen LogP contribution in [0.15, 0.2) is 48.7 Å². The Bertz CT molecular complexity index is 965. The number of carbonyl (C=O) groups excluding carboxylic acids is 1. The highest BCUT2D eigenvalue weighted by molar-refractivity contribution is 6.01. The van der Waals surface area contributed by atoms with Crippen LogP contribution in [0.4, 0.5) is 11.4 Å². The number of anilines is 2. The average molecular weight is 332 g/mol. The molecular weight excluding hydrogens is 312 g/mol. The molecule has 2 aromatic carbocycles. The van der Waals surface area contributed by atoms with Gasteiger partial charge in [-0.1, -0.05) is 25.1 Å². The molecule has 4 heteroatoms. The number of aromatic nitrogens is 1. The lowest BCUT2D eigenvalue weighted by Gasteiger charge is -2.24. The molecule has 4 rings (SSSR count). The van der Waals surface area contributed by atoms with E-state index in [1.54, 1.807) is 6.07 Å². The van der Waals surface area contributed by atoms with Crippen LogP contribution in [0, 0.1) is 0 Å². The van der Waals surface area contributed by atoms with Crippen molar-refractivity contribution in [2.24, 2.45) is 0 Å². The first-order chi connectivity index (χ1) is 12.2. The first kappa shape index (κ1) is 15.6. The second-order valence-corrected chi connectivity index (χ2v) is 6.24. The fourth-order valence-electron chi connectivity index (χ4n) is 3.62. The number of nitrogens with zero attached hydrogens (tertiary/aromatic N) is 2. The Labute approximate surface area is 147 Å². The lowest BCUT2D eigenvalue weighted by Crippen LogP contribution is -2.15. The van der Waals surface area contributed by atoms with Crippen molar-refractivity contribution in [3.63, 3.8) is 0 Å². The summed E-state index contributed by atoms with van der Waals surface area (Å²) in [5.41, 5.74) is 6.40. The third-order valence-electron chi connectivity index (χ3n) is 4.87. The minimum absolute atomic E-state index is 0.321. The zero-order valence-corrected chi connectivity index (χ0v) is 14.5. The minimum atomic E-state index is -0.321. The summed E-state index contributed by atoms with van der Waals surface area (Å²) >= 11 is 0. The molecule has 0 spiro atoms. The highest BCUT2D eigenvalue weighted by atomic mass is 16.5. The molecule has 1 aromatic heterocycles. The van der Waals surface area contributed by atoms with Crippen molar-refractivity contribution in [3.8, 4) is 0 Å². The molecule has 0 saturated heterocycles. The van der Waals surface area contributed by atoms with E-state index in [9.17, 15) is 4.79 Å². The van der Waals surface area contributed by atoms with Gasteiger partial charge in [0.05, 0.1) is 23.9 Å². The van der Waals surface area contributed by atoms with Crippen molar-refractivity contribution in [2.45, 2.75) is 19.8 Å². The van der Waals surface area contributed by atoms with Crippen LogP contribution in [-0.4, -0.2) is 24.6 Å². The molecule has 0 fully saturated rings. The quantitative estimate of drug-likeness (QED) is 0.672. The zero-order chi connectivity index (χ0) is 17.4. The Balaban J connectivity index is 1.93. The van der Waals surface area contributed by atoms with Gasteiger partial charge in [-0.2, -0.15) is 0 Å². The maximum atomic E-state index is 12.0. The molecule has 0 amide bonds. The number of pyridine rings is 1. The summed E-state index contributed by atoms with van der Waals surface area (Å²) < 4.78 is 4.88. The SMILES string of the molecule is CCc1ccccc1N1CCc2cnc3ccc(C(=O)OC)cc3c21. The lowest BCUT2D eigenvalue weighted by molar-refractivity contribution is 0.0601. The first-order valence-electron chi connectivity index (χ1n) is 8.58. The summed E-state index contributed by atoms with van der Waals surface area (Å²) in [5, 5.41) is 1.00. The summed E-state index contributed by atoms with van der Waals surface area (Å²) in [6.07, 6.45) is 3.90. The van der Waals surface area contributed by atoms with Crippen molar-refractivity contribution >= 4 is 28.2 Å². The summed E-state index contributed by atoms with van der Waals surface area (Å²) in [6.45, 7) is 3.10. The number of rotatable bonds is 3. The molecule has 0 saturated carbocycles. The van der Waals surface area contributed by atoms with Crippen LogP contribution in [0.2, 0.25) is 0 Å². The standard InChI is InChI=1S/C21H20N2O2/c1-3-14-6-4-5-7-19(14)23-11-10-16-13-22-18-9-8-15(21(24)25-2)12-17(18)20(16)23/h4-9,12-13H,3,10-11H2,1-2H3. The minimum Gasteiger partial charge on any atom is -0.465 e. The molecule has 1 aliphatic rings. The molecule has 3 aromatic rings. The predicted octanol–water partition coefficient (Wildman–Crippen LogP) is 4.28. The van der Waals surface area contributed by atoms with Crippen LogP contribution in [0.1, 0.15) is 28.4 Å². The first-order valence-corrected chi connectivity index (χ1v) is 8.58. The van der Waals surface area contributed by atoms with Gasteiger partial charge in [-0.15, -0.1) is 0 Å². The lowest BCUT2D eigenvalue weighted by atomic mass is 10.1. The molecule has 126 valence electrons. The molecule has 1 aliphatic heterocycles. The summed E-state index contributed by atoms with van der Waals surface area (Å²) in [5.74, 6) is -0.321. The second-order valence-electron chi connectivity index (χ2n) is 6.24. The van der Waals surface area contributed by atoms with Gasteiger partial charge in [0.1, 0.15) is 0 Å². The Morgan fingerprint density at radius 2 is 2.08 bits per heavy atom. The fraction of sp³-hybridized carbons (Fsp3) is 0.238. The van der Waals surface area contributed by atoms with E-state index in [0.29, 0.717) is 5.56 Å². The van der Waals surface area contributed by atoms with Gasteiger partial charge in [0.2, 0.25) is 0 Å². The molecule has 0 atom stereocenters. The number of hydrogen-bond acceptors (Lipinski definition) is 4. The number of fused-ring (bicyclic) bond motifs is 3. The monoisotopic (exact) mass is 332 g/mol. The normalized spacial score (nSPS) is 13.1. The van der Waals surface area contributed by atoms with Crippen molar-refractivity contribution < 1.29 is 9.53 Å². The number of methoxy groups -OCH3 is 1.